The number of hydrogen-bond acceptors (Lipinski definition) is 5. The SMILES string of the molecule is COc1ccccc1CNc1nc(C)cc(Nc2ccccc2Br)n1. The maximum absolute atomic E-state index is 5.38. The van der Waals surface area contributed by atoms with Gasteiger partial charge in [0.2, 0.25) is 5.95 Å². The average Bonchev–Trinajstić information content (AvgIpc) is 2.62. The minimum Gasteiger partial charge on any atom is -0.496 e. The van der Waals surface area contributed by atoms with Crippen molar-refractivity contribution in [2.24, 2.45) is 0 Å². The maximum Gasteiger partial charge on any atom is 0.225 e. The fourth-order valence-electron chi connectivity index (χ4n) is 2.44. The number of para-hydroxylation sites is 2. The lowest BCUT2D eigenvalue weighted by molar-refractivity contribution is 0.410. The van der Waals surface area contributed by atoms with Gasteiger partial charge in [0.1, 0.15) is 11.6 Å². The summed E-state index contributed by atoms with van der Waals surface area (Å²) in [6.07, 6.45) is 0. The van der Waals surface area contributed by atoms with Crippen molar-refractivity contribution in [2.75, 3.05) is 17.7 Å². The molecule has 0 unspecified atom stereocenters. The highest BCUT2D eigenvalue weighted by molar-refractivity contribution is 9.10. The van der Waals surface area contributed by atoms with Crippen molar-refractivity contribution in [1.29, 1.82) is 0 Å². The van der Waals surface area contributed by atoms with Crippen molar-refractivity contribution in [1.82, 2.24) is 9.97 Å². The Labute approximate surface area is 155 Å². The molecular formula is C19H19BrN4O. The molecule has 0 bridgehead atoms. The summed E-state index contributed by atoms with van der Waals surface area (Å²) in [5, 5.41) is 6.57. The van der Waals surface area contributed by atoms with Crippen LogP contribution in [0.2, 0.25) is 0 Å². The van der Waals surface area contributed by atoms with Crippen LogP contribution in [0.25, 0.3) is 0 Å². The molecular weight excluding hydrogens is 380 g/mol. The van der Waals surface area contributed by atoms with E-state index in [0.717, 1.165) is 33.0 Å². The molecule has 0 amide bonds. The fourth-order valence-corrected chi connectivity index (χ4v) is 2.82. The quantitative estimate of drug-likeness (QED) is 0.617. The van der Waals surface area contributed by atoms with Crippen LogP contribution in [0, 0.1) is 6.92 Å². The lowest BCUT2D eigenvalue weighted by Gasteiger charge is -2.12. The summed E-state index contributed by atoms with van der Waals surface area (Å²) in [4.78, 5) is 9.00. The number of halogens is 1. The van der Waals surface area contributed by atoms with Crippen LogP contribution >= 0.6 is 15.9 Å². The monoisotopic (exact) mass is 398 g/mol. The second-order valence-corrected chi connectivity index (χ2v) is 6.34. The average molecular weight is 399 g/mol. The first-order valence-electron chi connectivity index (χ1n) is 7.88. The summed E-state index contributed by atoms with van der Waals surface area (Å²) in [6.45, 7) is 2.53. The Balaban J connectivity index is 1.76. The van der Waals surface area contributed by atoms with Gasteiger partial charge in [-0.2, -0.15) is 4.98 Å². The predicted octanol–water partition coefficient (Wildman–Crippen LogP) is 4.91. The van der Waals surface area contributed by atoms with Gasteiger partial charge in [-0.05, 0) is 41.1 Å². The van der Waals surface area contributed by atoms with E-state index in [2.05, 4.69) is 36.5 Å². The van der Waals surface area contributed by atoms with E-state index < -0.39 is 0 Å². The third-order valence-corrected chi connectivity index (χ3v) is 4.31. The van der Waals surface area contributed by atoms with E-state index in [-0.39, 0.29) is 0 Å². The van der Waals surface area contributed by atoms with Gasteiger partial charge in [-0.3, -0.25) is 0 Å². The highest BCUT2D eigenvalue weighted by Crippen LogP contribution is 2.25. The van der Waals surface area contributed by atoms with Crippen molar-refractivity contribution in [2.45, 2.75) is 13.5 Å². The first kappa shape index (κ1) is 17.2. The van der Waals surface area contributed by atoms with Crippen molar-refractivity contribution < 1.29 is 4.74 Å². The van der Waals surface area contributed by atoms with Crippen LogP contribution in [0.4, 0.5) is 17.5 Å². The Kier molecular flexibility index (Phi) is 5.50. The second kappa shape index (κ2) is 7.98. The predicted molar refractivity (Wildman–Crippen MR) is 105 cm³/mol. The van der Waals surface area contributed by atoms with Crippen molar-refractivity contribution in [3.8, 4) is 5.75 Å². The molecule has 0 aliphatic heterocycles. The Hall–Kier alpha value is -2.60. The number of hydrogen-bond donors (Lipinski definition) is 2. The molecule has 6 heteroatoms. The number of benzene rings is 2. The van der Waals surface area contributed by atoms with E-state index in [4.69, 9.17) is 4.74 Å². The van der Waals surface area contributed by atoms with Crippen molar-refractivity contribution in [3.63, 3.8) is 0 Å². The maximum atomic E-state index is 5.38. The zero-order chi connectivity index (χ0) is 17.6. The summed E-state index contributed by atoms with van der Waals surface area (Å²) in [5.74, 6) is 2.15. The highest BCUT2D eigenvalue weighted by atomic mass is 79.9. The number of aryl methyl sites for hydroxylation is 1. The first-order chi connectivity index (χ1) is 12.2. The number of nitrogens with one attached hydrogen (secondary N) is 2. The number of aromatic nitrogens is 2. The van der Waals surface area contributed by atoms with Crippen LogP contribution < -0.4 is 15.4 Å². The van der Waals surface area contributed by atoms with E-state index in [0.29, 0.717) is 12.5 Å². The Bertz CT molecular complexity index is 870. The van der Waals surface area contributed by atoms with Gasteiger partial charge in [0.15, 0.2) is 0 Å². The van der Waals surface area contributed by atoms with Crippen molar-refractivity contribution >= 4 is 33.4 Å². The molecule has 3 rings (SSSR count). The lowest BCUT2D eigenvalue weighted by atomic mass is 10.2. The van der Waals surface area contributed by atoms with Crippen LogP contribution in [-0.2, 0) is 6.54 Å². The molecule has 2 aromatic carbocycles. The van der Waals surface area contributed by atoms with E-state index in [1.54, 1.807) is 7.11 Å². The number of anilines is 3. The first-order valence-corrected chi connectivity index (χ1v) is 8.68. The number of rotatable bonds is 6. The van der Waals surface area contributed by atoms with Crippen LogP contribution in [0.3, 0.4) is 0 Å². The molecule has 1 heterocycles. The molecule has 128 valence electrons. The fraction of sp³-hybridized carbons (Fsp3) is 0.158. The molecule has 3 aromatic rings. The van der Waals surface area contributed by atoms with Crippen LogP contribution in [0.15, 0.2) is 59.1 Å². The molecule has 0 aliphatic rings. The van der Waals surface area contributed by atoms with Gasteiger partial charge in [-0.15, -0.1) is 0 Å². The standard InChI is InChI=1S/C19H19BrN4O/c1-13-11-18(23-16-9-5-4-8-15(16)20)24-19(22-13)21-12-14-7-3-6-10-17(14)25-2/h3-11H,12H2,1-2H3,(H2,21,22,23,24). The van der Waals surface area contributed by atoms with Gasteiger partial charge in [0.05, 0.1) is 12.8 Å². The Morgan fingerprint density at radius 2 is 1.80 bits per heavy atom. The van der Waals surface area contributed by atoms with E-state index >= 15 is 0 Å². The Morgan fingerprint density at radius 1 is 1.04 bits per heavy atom. The zero-order valence-corrected chi connectivity index (χ0v) is 15.7. The number of nitrogens with zero attached hydrogens (tertiary/aromatic N) is 2. The summed E-state index contributed by atoms with van der Waals surface area (Å²) in [6, 6.07) is 17.7. The van der Waals surface area contributed by atoms with E-state index in [9.17, 15) is 0 Å². The smallest absolute Gasteiger partial charge is 0.225 e. The minimum absolute atomic E-state index is 0.570. The lowest BCUT2D eigenvalue weighted by Crippen LogP contribution is -2.07. The third kappa shape index (κ3) is 4.48. The minimum atomic E-state index is 0.570. The van der Waals surface area contributed by atoms with Crippen LogP contribution in [0.1, 0.15) is 11.3 Å². The molecule has 0 atom stereocenters. The molecule has 5 nitrogen and oxygen atoms in total. The molecule has 0 spiro atoms. The molecule has 25 heavy (non-hydrogen) atoms. The van der Waals surface area contributed by atoms with E-state index in [1.807, 2.05) is 61.5 Å². The molecule has 2 N–H and O–H groups in total. The van der Waals surface area contributed by atoms with Gasteiger partial charge in [0, 0.05) is 28.3 Å². The molecule has 0 saturated carbocycles. The van der Waals surface area contributed by atoms with Crippen molar-refractivity contribution in [3.05, 3.63) is 70.3 Å². The largest absolute Gasteiger partial charge is 0.496 e. The van der Waals surface area contributed by atoms with Gasteiger partial charge in [-0.25, -0.2) is 4.98 Å². The number of methoxy groups -OCH3 is 1. The summed E-state index contributed by atoms with van der Waals surface area (Å²) in [7, 11) is 1.67. The van der Waals surface area contributed by atoms with Gasteiger partial charge in [-0.1, -0.05) is 30.3 Å². The van der Waals surface area contributed by atoms with E-state index in [1.165, 1.54) is 0 Å². The summed E-state index contributed by atoms with van der Waals surface area (Å²) >= 11 is 3.53. The van der Waals surface area contributed by atoms with Crippen LogP contribution in [-0.4, -0.2) is 17.1 Å². The summed E-state index contributed by atoms with van der Waals surface area (Å²) < 4.78 is 6.36. The van der Waals surface area contributed by atoms with Gasteiger partial charge < -0.3 is 15.4 Å². The highest BCUT2D eigenvalue weighted by Gasteiger charge is 2.06. The zero-order valence-electron chi connectivity index (χ0n) is 14.1. The molecule has 0 radical (unpaired) electrons. The van der Waals surface area contributed by atoms with Gasteiger partial charge in [0.25, 0.3) is 0 Å². The van der Waals surface area contributed by atoms with Gasteiger partial charge >= 0.3 is 0 Å². The number of ether oxygens (including phenoxy) is 1. The molecule has 0 saturated heterocycles. The Morgan fingerprint density at radius 3 is 2.60 bits per heavy atom. The van der Waals surface area contributed by atoms with Crippen LogP contribution in [0.5, 0.6) is 5.75 Å². The molecule has 1 aromatic heterocycles. The summed E-state index contributed by atoms with van der Waals surface area (Å²) in [5.41, 5.74) is 2.89. The second-order valence-electron chi connectivity index (χ2n) is 5.49. The third-order valence-electron chi connectivity index (χ3n) is 3.62. The topological polar surface area (TPSA) is 59.1 Å². The molecule has 0 fully saturated rings. The normalized spacial score (nSPS) is 10.4. The molecule has 0 aliphatic carbocycles.